The van der Waals surface area contributed by atoms with E-state index in [2.05, 4.69) is 59.4 Å². The number of aliphatic hydroxyl groups is 1. The van der Waals surface area contributed by atoms with Crippen molar-refractivity contribution in [1.29, 1.82) is 0 Å². The number of amidine groups is 2. The number of hydrogen-bond donors (Lipinski definition) is 5. The highest BCUT2D eigenvalue weighted by Gasteiger charge is 2.09. The second-order valence-electron chi connectivity index (χ2n) is 11.2. The molecule has 0 heterocycles. The van der Waals surface area contributed by atoms with E-state index in [9.17, 15) is 22.0 Å². The Balaban J connectivity index is 0.00000105. The van der Waals surface area contributed by atoms with Crippen LogP contribution in [0.5, 0.6) is 0 Å². The summed E-state index contributed by atoms with van der Waals surface area (Å²) < 4.78 is 65.6. The van der Waals surface area contributed by atoms with Gasteiger partial charge in [-0.15, -0.1) is 34.0 Å². The molecule has 0 aliphatic heterocycles. The van der Waals surface area contributed by atoms with Gasteiger partial charge in [0.05, 0.1) is 26.4 Å². The highest BCUT2D eigenvalue weighted by molar-refractivity contribution is 9.09. The van der Waals surface area contributed by atoms with Crippen molar-refractivity contribution in [3.05, 3.63) is 157 Å². The molecule has 0 fully saturated rings. The van der Waals surface area contributed by atoms with Crippen molar-refractivity contribution in [3.63, 3.8) is 0 Å². The highest BCUT2D eigenvalue weighted by Crippen LogP contribution is 2.27. The van der Waals surface area contributed by atoms with Crippen LogP contribution < -0.4 is 22.5 Å². The first-order chi connectivity index (χ1) is 28.0. The number of thioether (sulfide) groups is 2. The van der Waals surface area contributed by atoms with E-state index in [1.165, 1.54) is 96.3 Å². The molecule has 0 saturated heterocycles. The largest absolute Gasteiger partial charge is 0.397 e. The Kier molecular flexibility index (Phi) is 30.5. The molecule has 8 N–H and O–H groups in total. The van der Waals surface area contributed by atoms with Crippen molar-refractivity contribution in [2.75, 3.05) is 11.9 Å². The summed E-state index contributed by atoms with van der Waals surface area (Å²) in [5.74, 6) is -1.35. The van der Waals surface area contributed by atoms with Crippen LogP contribution >= 0.6 is 136 Å². The molecule has 5 rings (SSSR count). The lowest BCUT2D eigenvalue weighted by atomic mass is 10.1. The fourth-order valence-electron chi connectivity index (χ4n) is 4.17. The fourth-order valence-corrected chi connectivity index (χ4v) is 7.38. The van der Waals surface area contributed by atoms with Crippen LogP contribution in [0, 0.1) is 29.1 Å². The third kappa shape index (κ3) is 22.8. The molecule has 0 radical (unpaired) electrons. The second-order valence-corrected chi connectivity index (χ2v) is 16.0. The van der Waals surface area contributed by atoms with E-state index in [0.717, 1.165) is 22.0 Å². The number of nitrogens with two attached hydrogens (primary N) is 3. The quantitative estimate of drug-likeness (QED) is 0.0324. The predicted octanol–water partition coefficient (Wildman–Crippen LogP) is 14.1. The molecule has 7 nitrogen and oxygen atoms in total. The van der Waals surface area contributed by atoms with Crippen LogP contribution in [-0.4, -0.2) is 27.2 Å². The maximum atomic E-state index is 13.8. The van der Waals surface area contributed by atoms with Crippen LogP contribution in [-0.2, 0) is 22.2 Å². The van der Waals surface area contributed by atoms with E-state index in [-0.39, 0.29) is 82.7 Å². The molecule has 0 bridgehead atoms. The van der Waals surface area contributed by atoms with Crippen molar-refractivity contribution >= 4 is 169 Å². The molecule has 332 valence electrons. The molecule has 0 aliphatic rings. The first-order valence-corrected chi connectivity index (χ1v) is 22.4. The smallest absolute Gasteiger partial charge is 0.168 e. The summed E-state index contributed by atoms with van der Waals surface area (Å²) in [6.45, 7) is 1.93. The van der Waals surface area contributed by atoms with Crippen LogP contribution in [0.4, 0.5) is 39.0 Å². The van der Waals surface area contributed by atoms with Crippen LogP contribution in [0.15, 0.2) is 101 Å². The molecule has 22 heteroatoms. The first kappa shape index (κ1) is 58.8. The number of aliphatic imine (C=N–C) groups is 2. The molecule has 5 aromatic carbocycles. The molecule has 0 spiro atoms. The minimum absolute atomic E-state index is 0. The summed E-state index contributed by atoms with van der Waals surface area (Å²) in [5, 5.41) is 12.2. The number of benzene rings is 5. The molecule has 0 amide bonds. The third-order valence-electron chi connectivity index (χ3n) is 6.85. The number of alkyl halides is 2. The van der Waals surface area contributed by atoms with Crippen molar-refractivity contribution in [1.82, 2.24) is 0 Å². The summed E-state index contributed by atoms with van der Waals surface area (Å²) in [7, 11) is 0. The summed E-state index contributed by atoms with van der Waals surface area (Å²) in [4.78, 5) is 8.40. The predicted molar refractivity (Wildman–Crippen MR) is 271 cm³/mol. The standard InChI is InChI=1S/C22H17Cl2F3N4S2.C8H7Br2F.C7H6ClFN2S.C2H6O.2BrH/c23-17-8-15(3-5-19(17)26)30-21(28)32-10-12-1-2-14(25)7-13(12)11-33-22(29)31-16-4-6-20(27)18(24)9-16;9-4-6-1-2-8(11)3-7(6)5-10;8-5-3-4(11-7(10)12)1-2-6(5)9;1-2-3;;/h1-9H,10-11H2,(H2,28,30)(H2,29,31);1-3H,4-5H2;1-3H,(H3,10,11,12);3H,2H2,1H3;2*1H. The summed E-state index contributed by atoms with van der Waals surface area (Å²) in [6, 6.07) is 21.5. The van der Waals surface area contributed by atoms with Crippen molar-refractivity contribution in [2.45, 2.75) is 29.1 Å². The van der Waals surface area contributed by atoms with Crippen molar-refractivity contribution in [2.24, 2.45) is 27.2 Å². The topological polar surface area (TPSA) is 135 Å². The second kappa shape index (κ2) is 31.6. The van der Waals surface area contributed by atoms with E-state index >= 15 is 0 Å². The number of hydrogen-bond acceptors (Lipinski definition) is 6. The minimum atomic E-state index is -0.547. The van der Waals surface area contributed by atoms with Gasteiger partial charge in [-0.25, -0.2) is 31.9 Å². The van der Waals surface area contributed by atoms with Gasteiger partial charge >= 0.3 is 0 Å². The van der Waals surface area contributed by atoms with E-state index in [0.29, 0.717) is 39.5 Å². The maximum absolute atomic E-state index is 13.8. The van der Waals surface area contributed by atoms with Gasteiger partial charge in [-0.1, -0.05) is 102 Å². The van der Waals surface area contributed by atoms with Gasteiger partial charge in [0.15, 0.2) is 15.4 Å². The molecule has 5 aromatic rings. The third-order valence-corrected chi connectivity index (χ3v) is 10.7. The van der Waals surface area contributed by atoms with Crippen molar-refractivity contribution in [3.8, 4) is 0 Å². The molecule has 0 unspecified atom stereocenters. The Labute approximate surface area is 417 Å². The van der Waals surface area contributed by atoms with Crippen molar-refractivity contribution < 1.29 is 27.1 Å². The number of halogens is 12. The fraction of sp³-hybridized carbons (Fsp3) is 0.154. The number of thiocarbonyl (C=S) groups is 1. The van der Waals surface area contributed by atoms with E-state index in [1.54, 1.807) is 25.1 Å². The zero-order valence-corrected chi connectivity index (χ0v) is 42.9. The lowest BCUT2D eigenvalue weighted by Gasteiger charge is -2.10. The number of aliphatic hydroxyl groups excluding tert-OH is 1. The summed E-state index contributed by atoms with van der Waals surface area (Å²) in [5.41, 5.74) is 22.2. The number of nitrogens with one attached hydrogen (secondary N) is 1. The summed E-state index contributed by atoms with van der Waals surface area (Å²) in [6.07, 6.45) is 0. The SMILES string of the molecule is Br.Br.CCO.Fc1ccc(CBr)c(CBr)c1.NC(=Nc1ccc(F)c(Cl)c1)SCc1ccc(F)cc1CSC(N)=Nc1ccc(F)c(Cl)c1.NC(=S)Nc1ccc(F)c(Cl)c1. The highest BCUT2D eigenvalue weighted by atomic mass is 79.9. The Morgan fingerprint density at radius 3 is 1.43 bits per heavy atom. The number of rotatable bonds is 9. The lowest BCUT2D eigenvalue weighted by Crippen LogP contribution is -2.18. The Morgan fingerprint density at radius 1 is 0.623 bits per heavy atom. The molecule has 0 saturated carbocycles. The molecular formula is C39H38Br4Cl3F5N6OS3. The van der Waals surface area contributed by atoms with Gasteiger partial charge in [-0.3, -0.25) is 0 Å². The molecule has 0 aromatic heterocycles. The minimum Gasteiger partial charge on any atom is -0.397 e. The van der Waals surface area contributed by atoms with Crippen LogP contribution in [0.25, 0.3) is 0 Å². The van der Waals surface area contributed by atoms with Gasteiger partial charge in [0, 0.05) is 34.5 Å². The number of nitrogens with zero attached hydrogens (tertiary/aromatic N) is 2. The van der Waals surface area contributed by atoms with Gasteiger partial charge in [0.1, 0.15) is 29.1 Å². The first-order valence-electron chi connectivity index (χ1n) is 16.6. The Bertz CT molecular complexity index is 2240. The zero-order valence-electron chi connectivity index (χ0n) is 31.6. The normalized spacial score (nSPS) is 10.6. The van der Waals surface area contributed by atoms with Gasteiger partial charge in [0.2, 0.25) is 0 Å². The van der Waals surface area contributed by atoms with E-state index in [4.69, 9.17) is 57.1 Å². The van der Waals surface area contributed by atoms with Gasteiger partial charge in [-0.05, 0) is 120 Å². The van der Waals surface area contributed by atoms with Gasteiger partial charge in [0.25, 0.3) is 0 Å². The zero-order chi connectivity index (χ0) is 44.1. The lowest BCUT2D eigenvalue weighted by molar-refractivity contribution is 0.318. The molecule has 0 aliphatic carbocycles. The maximum Gasteiger partial charge on any atom is 0.168 e. The molecular weight excluding hydrogens is 1190 g/mol. The Morgan fingerprint density at radius 2 is 1.02 bits per heavy atom. The van der Waals surface area contributed by atoms with Crippen LogP contribution in [0.3, 0.4) is 0 Å². The number of anilines is 1. The van der Waals surface area contributed by atoms with Crippen LogP contribution in [0.2, 0.25) is 15.1 Å². The molecule has 61 heavy (non-hydrogen) atoms. The average Bonchev–Trinajstić information content (AvgIpc) is 3.18. The monoisotopic (exact) mass is 1220 g/mol. The Hall–Kier alpha value is -2.17. The van der Waals surface area contributed by atoms with Gasteiger partial charge in [-0.2, -0.15) is 0 Å². The van der Waals surface area contributed by atoms with E-state index < -0.39 is 17.5 Å². The average molecular weight is 1220 g/mol. The summed E-state index contributed by atoms with van der Waals surface area (Å²) >= 11 is 30.7. The van der Waals surface area contributed by atoms with E-state index in [1.807, 2.05) is 0 Å². The molecule has 0 atom stereocenters. The van der Waals surface area contributed by atoms with Crippen LogP contribution in [0.1, 0.15) is 29.2 Å². The van der Waals surface area contributed by atoms with Gasteiger partial charge < -0.3 is 27.6 Å².